The topological polar surface area (TPSA) is 83.6 Å². The summed E-state index contributed by atoms with van der Waals surface area (Å²) in [5, 5.41) is 13.2. The van der Waals surface area contributed by atoms with Gasteiger partial charge < -0.3 is 10.0 Å². The predicted octanol–water partition coefficient (Wildman–Crippen LogP) is 2.94. The molecule has 0 amide bonds. The van der Waals surface area contributed by atoms with Crippen molar-refractivity contribution in [2.24, 2.45) is 0 Å². The van der Waals surface area contributed by atoms with E-state index in [9.17, 15) is 4.79 Å². The highest BCUT2D eigenvalue weighted by atomic mass is 16.4. The van der Waals surface area contributed by atoms with Crippen LogP contribution in [-0.4, -0.2) is 37.7 Å². The first-order valence-corrected chi connectivity index (χ1v) is 8.04. The van der Waals surface area contributed by atoms with Crippen LogP contribution in [0, 0.1) is 0 Å². The van der Waals surface area contributed by atoms with Crippen LogP contribution < -0.4 is 4.90 Å². The van der Waals surface area contributed by atoms with Crippen molar-refractivity contribution in [2.45, 2.75) is 19.8 Å². The van der Waals surface area contributed by atoms with Crippen molar-refractivity contribution in [3.05, 3.63) is 54.0 Å². The van der Waals surface area contributed by atoms with E-state index in [0.717, 1.165) is 24.6 Å². The predicted molar refractivity (Wildman–Crippen MR) is 96.0 cm³/mol. The first kappa shape index (κ1) is 16.6. The van der Waals surface area contributed by atoms with E-state index in [1.807, 2.05) is 42.3 Å². The third kappa shape index (κ3) is 3.50. The van der Waals surface area contributed by atoms with Crippen molar-refractivity contribution in [1.29, 1.82) is 0 Å². The average molecular weight is 337 g/mol. The number of aliphatic carboxylic acids is 1. The number of rotatable bonds is 6. The number of aromatic nitrogens is 4. The zero-order valence-electron chi connectivity index (χ0n) is 14.1. The summed E-state index contributed by atoms with van der Waals surface area (Å²) in [5.74, 6) is 0.330. The molecule has 3 aromatic rings. The number of hydrogen-bond donors (Lipinski definition) is 1. The summed E-state index contributed by atoms with van der Waals surface area (Å²) >= 11 is 0. The van der Waals surface area contributed by atoms with Crippen LogP contribution in [0.3, 0.4) is 0 Å². The van der Waals surface area contributed by atoms with E-state index < -0.39 is 5.97 Å². The smallest absolute Gasteiger partial charge is 0.328 e. The van der Waals surface area contributed by atoms with Crippen LogP contribution in [0.5, 0.6) is 0 Å². The standard InChI is InChI=1S/C18H19N5O2/c1-3-7-15-20-17-13(10-11-16(24)25)12-19-23(17)18(21-15)22(2)14-8-5-4-6-9-14/h4-6,8-12H,3,7H2,1-2H3,(H,24,25). The average Bonchev–Trinajstić information content (AvgIpc) is 3.02. The molecular weight excluding hydrogens is 318 g/mol. The number of aryl methyl sites for hydroxylation is 1. The lowest BCUT2D eigenvalue weighted by atomic mass is 10.3. The molecule has 25 heavy (non-hydrogen) atoms. The van der Waals surface area contributed by atoms with Crippen LogP contribution in [0.2, 0.25) is 0 Å². The quantitative estimate of drug-likeness (QED) is 0.696. The molecule has 0 radical (unpaired) electrons. The number of nitrogens with zero attached hydrogens (tertiary/aromatic N) is 5. The summed E-state index contributed by atoms with van der Waals surface area (Å²) in [6.45, 7) is 2.07. The zero-order chi connectivity index (χ0) is 17.8. The van der Waals surface area contributed by atoms with E-state index in [2.05, 4.69) is 22.0 Å². The SMILES string of the molecule is CCCc1nc(N(C)c2ccccc2)n2ncc(C=CC(=O)O)c2n1. The maximum Gasteiger partial charge on any atom is 0.328 e. The molecular formula is C18H19N5O2. The van der Waals surface area contributed by atoms with Crippen molar-refractivity contribution in [2.75, 3.05) is 11.9 Å². The third-order valence-corrected chi connectivity index (χ3v) is 3.75. The Hall–Kier alpha value is -3.22. The Morgan fingerprint density at radius 1 is 1.28 bits per heavy atom. The number of hydrogen-bond acceptors (Lipinski definition) is 5. The molecule has 0 fully saturated rings. The van der Waals surface area contributed by atoms with Gasteiger partial charge in [-0.25, -0.2) is 9.78 Å². The van der Waals surface area contributed by atoms with Crippen molar-refractivity contribution in [3.8, 4) is 0 Å². The third-order valence-electron chi connectivity index (χ3n) is 3.75. The molecule has 0 aliphatic carbocycles. The lowest BCUT2D eigenvalue weighted by Gasteiger charge is -2.19. The highest BCUT2D eigenvalue weighted by Crippen LogP contribution is 2.23. The van der Waals surface area contributed by atoms with E-state index in [-0.39, 0.29) is 0 Å². The maximum absolute atomic E-state index is 10.8. The van der Waals surface area contributed by atoms with Crippen LogP contribution in [0.25, 0.3) is 11.7 Å². The Morgan fingerprint density at radius 2 is 2.04 bits per heavy atom. The molecule has 128 valence electrons. The van der Waals surface area contributed by atoms with Gasteiger partial charge in [-0.3, -0.25) is 0 Å². The van der Waals surface area contributed by atoms with E-state index in [4.69, 9.17) is 5.11 Å². The number of benzene rings is 1. The Balaban J connectivity index is 2.15. The van der Waals surface area contributed by atoms with Crippen LogP contribution in [-0.2, 0) is 11.2 Å². The number of carboxylic acid groups (broad SMARTS) is 1. The second-order valence-corrected chi connectivity index (χ2v) is 5.59. The lowest BCUT2D eigenvalue weighted by molar-refractivity contribution is -0.131. The van der Waals surface area contributed by atoms with E-state index in [1.165, 1.54) is 6.08 Å². The molecule has 7 nitrogen and oxygen atoms in total. The van der Waals surface area contributed by atoms with Gasteiger partial charge >= 0.3 is 5.97 Å². The Labute approximate surface area is 145 Å². The fourth-order valence-corrected chi connectivity index (χ4v) is 2.52. The van der Waals surface area contributed by atoms with Gasteiger partial charge in [-0.1, -0.05) is 25.1 Å². The van der Waals surface area contributed by atoms with Crippen molar-refractivity contribution in [3.63, 3.8) is 0 Å². The molecule has 0 saturated heterocycles. The van der Waals surface area contributed by atoms with Crippen LogP contribution in [0.15, 0.2) is 42.6 Å². The molecule has 3 rings (SSSR count). The monoisotopic (exact) mass is 337 g/mol. The molecule has 2 aromatic heterocycles. The van der Waals surface area contributed by atoms with Gasteiger partial charge in [0, 0.05) is 30.8 Å². The lowest BCUT2D eigenvalue weighted by Crippen LogP contribution is -2.18. The molecule has 0 saturated carbocycles. The summed E-state index contributed by atoms with van der Waals surface area (Å²) in [4.78, 5) is 21.9. The Morgan fingerprint density at radius 3 is 2.72 bits per heavy atom. The molecule has 2 heterocycles. The second kappa shape index (κ2) is 7.12. The summed E-state index contributed by atoms with van der Waals surface area (Å²) in [6, 6.07) is 9.85. The van der Waals surface area contributed by atoms with Crippen LogP contribution in [0.1, 0.15) is 24.7 Å². The number of fused-ring (bicyclic) bond motifs is 1. The Bertz CT molecular complexity index is 918. The number of carboxylic acids is 1. The molecule has 1 N–H and O–H groups in total. The van der Waals surface area contributed by atoms with Gasteiger partial charge in [0.25, 0.3) is 0 Å². The summed E-state index contributed by atoms with van der Waals surface area (Å²) < 4.78 is 1.63. The molecule has 0 aliphatic rings. The molecule has 1 aromatic carbocycles. The molecule has 0 bridgehead atoms. The number of carbonyl (C=O) groups is 1. The molecule has 7 heteroatoms. The van der Waals surface area contributed by atoms with Gasteiger partial charge in [0.15, 0.2) is 5.65 Å². The van der Waals surface area contributed by atoms with Crippen molar-refractivity contribution < 1.29 is 9.90 Å². The summed E-state index contributed by atoms with van der Waals surface area (Å²) in [6.07, 6.45) is 5.83. The minimum absolute atomic E-state index is 0.591. The molecule has 0 spiro atoms. The van der Waals surface area contributed by atoms with Gasteiger partial charge in [0.1, 0.15) is 5.82 Å². The highest BCUT2D eigenvalue weighted by molar-refractivity contribution is 5.86. The number of para-hydroxylation sites is 1. The van der Waals surface area contributed by atoms with Crippen LogP contribution >= 0.6 is 0 Å². The van der Waals surface area contributed by atoms with Gasteiger partial charge in [-0.05, 0) is 24.6 Å². The molecule has 0 atom stereocenters. The first-order chi connectivity index (χ1) is 12.1. The van der Waals surface area contributed by atoms with Crippen molar-refractivity contribution >= 4 is 29.3 Å². The fraction of sp³-hybridized carbons (Fsp3) is 0.222. The Kier molecular flexibility index (Phi) is 4.74. The van der Waals surface area contributed by atoms with Gasteiger partial charge in [0.2, 0.25) is 5.95 Å². The first-order valence-electron chi connectivity index (χ1n) is 8.04. The van der Waals surface area contributed by atoms with Gasteiger partial charge in [-0.2, -0.15) is 14.6 Å². The zero-order valence-corrected chi connectivity index (χ0v) is 14.1. The molecule has 0 unspecified atom stereocenters. The molecule has 0 aliphatic heterocycles. The summed E-state index contributed by atoms with van der Waals surface area (Å²) in [7, 11) is 1.92. The maximum atomic E-state index is 10.8. The normalized spacial score (nSPS) is 11.3. The minimum Gasteiger partial charge on any atom is -0.478 e. The van der Waals surface area contributed by atoms with Crippen LogP contribution in [0.4, 0.5) is 11.6 Å². The minimum atomic E-state index is -1.01. The second-order valence-electron chi connectivity index (χ2n) is 5.59. The van der Waals surface area contributed by atoms with E-state index in [0.29, 0.717) is 23.0 Å². The van der Waals surface area contributed by atoms with Gasteiger partial charge in [0.05, 0.1) is 6.20 Å². The highest BCUT2D eigenvalue weighted by Gasteiger charge is 2.16. The van der Waals surface area contributed by atoms with E-state index in [1.54, 1.807) is 10.7 Å². The van der Waals surface area contributed by atoms with Gasteiger partial charge in [-0.15, -0.1) is 0 Å². The summed E-state index contributed by atoms with van der Waals surface area (Å²) in [5.41, 5.74) is 2.21. The van der Waals surface area contributed by atoms with Crippen molar-refractivity contribution in [1.82, 2.24) is 19.6 Å². The fourth-order valence-electron chi connectivity index (χ4n) is 2.52. The van der Waals surface area contributed by atoms with E-state index >= 15 is 0 Å². The number of anilines is 2. The largest absolute Gasteiger partial charge is 0.478 e.